The van der Waals surface area contributed by atoms with Crippen LogP contribution in [0.1, 0.15) is 66.7 Å². The van der Waals surface area contributed by atoms with E-state index in [1.54, 1.807) is 14.2 Å². The van der Waals surface area contributed by atoms with Crippen LogP contribution in [0.25, 0.3) is 0 Å². The van der Waals surface area contributed by atoms with Gasteiger partial charge in [0, 0.05) is 32.7 Å². The predicted molar refractivity (Wildman–Crippen MR) is 136 cm³/mol. The monoisotopic (exact) mass is 568 g/mol. The second-order valence-electron chi connectivity index (χ2n) is 9.59. The standard InChI is InChI=1S/C25H45IO6/c1-16(2)20(27)15-23(29-6)17(3)10-11-21(32-25(28)22-9-8-14-31-22)19(5)24(30-7)18(4)12-13-26/h12-13,16-24,27H,8-11,14-15H2,1-7H3/b13-12+/t17-,18+,19-,20-,21+,22+,23-,24+/m0/s1. The van der Waals surface area contributed by atoms with Gasteiger partial charge in [-0.05, 0) is 48.0 Å². The Bertz CT molecular complexity index is 549. The molecule has 1 heterocycles. The quantitative estimate of drug-likeness (QED) is 0.218. The molecule has 0 aliphatic carbocycles. The lowest BCUT2D eigenvalue weighted by Crippen LogP contribution is -2.40. The molecule has 6 nitrogen and oxygen atoms in total. The zero-order chi connectivity index (χ0) is 24.3. The molecule has 0 amide bonds. The summed E-state index contributed by atoms with van der Waals surface area (Å²) < 4.78 is 25.1. The molecule has 188 valence electrons. The van der Waals surface area contributed by atoms with Crippen molar-refractivity contribution < 1.29 is 28.8 Å². The van der Waals surface area contributed by atoms with E-state index in [2.05, 4.69) is 49.4 Å². The highest BCUT2D eigenvalue weighted by Gasteiger charge is 2.35. The summed E-state index contributed by atoms with van der Waals surface area (Å²) in [5.74, 6) is 0.355. The van der Waals surface area contributed by atoms with Gasteiger partial charge in [0.2, 0.25) is 0 Å². The summed E-state index contributed by atoms with van der Waals surface area (Å²) >= 11 is 2.22. The Morgan fingerprint density at radius 2 is 1.81 bits per heavy atom. The summed E-state index contributed by atoms with van der Waals surface area (Å²) in [6.45, 7) is 11.0. The zero-order valence-corrected chi connectivity index (χ0v) is 23.1. The van der Waals surface area contributed by atoms with Gasteiger partial charge in [-0.3, -0.25) is 0 Å². The van der Waals surface area contributed by atoms with Crippen LogP contribution in [0.2, 0.25) is 0 Å². The normalized spacial score (nSPS) is 23.6. The first-order valence-electron chi connectivity index (χ1n) is 12.0. The van der Waals surface area contributed by atoms with Gasteiger partial charge < -0.3 is 24.1 Å². The molecule has 7 heteroatoms. The first-order chi connectivity index (χ1) is 15.2. The Morgan fingerprint density at radius 1 is 1.12 bits per heavy atom. The van der Waals surface area contributed by atoms with Crippen molar-refractivity contribution in [1.82, 2.24) is 0 Å². The molecule has 0 bridgehead atoms. The molecule has 0 aromatic heterocycles. The number of ether oxygens (including phenoxy) is 4. The van der Waals surface area contributed by atoms with Gasteiger partial charge in [0.25, 0.3) is 0 Å². The molecule has 0 unspecified atom stereocenters. The van der Waals surface area contributed by atoms with E-state index in [9.17, 15) is 9.90 Å². The van der Waals surface area contributed by atoms with E-state index in [0.717, 1.165) is 19.3 Å². The molecule has 32 heavy (non-hydrogen) atoms. The summed E-state index contributed by atoms with van der Waals surface area (Å²) in [6.07, 6.45) is 4.61. The summed E-state index contributed by atoms with van der Waals surface area (Å²) in [4.78, 5) is 12.8. The van der Waals surface area contributed by atoms with Crippen molar-refractivity contribution in [2.75, 3.05) is 20.8 Å². The fraction of sp³-hybridized carbons (Fsp3) is 0.880. The Hall–Kier alpha value is -0.220. The van der Waals surface area contributed by atoms with E-state index in [1.165, 1.54) is 0 Å². The molecule has 1 N–H and O–H groups in total. The number of hydrogen-bond donors (Lipinski definition) is 1. The van der Waals surface area contributed by atoms with Gasteiger partial charge in [-0.1, -0.05) is 63.3 Å². The molecule has 1 aliphatic rings. The van der Waals surface area contributed by atoms with E-state index >= 15 is 0 Å². The maximum absolute atomic E-state index is 12.8. The van der Waals surface area contributed by atoms with Crippen molar-refractivity contribution in [2.24, 2.45) is 23.7 Å². The highest BCUT2D eigenvalue weighted by atomic mass is 127. The van der Waals surface area contributed by atoms with Gasteiger partial charge in [0.05, 0.1) is 18.3 Å². The van der Waals surface area contributed by atoms with Gasteiger partial charge in [0.1, 0.15) is 6.10 Å². The predicted octanol–water partition coefficient (Wildman–Crippen LogP) is 5.15. The van der Waals surface area contributed by atoms with E-state index in [4.69, 9.17) is 18.9 Å². The minimum absolute atomic E-state index is 0.0161. The third-order valence-corrected chi connectivity index (χ3v) is 7.23. The summed E-state index contributed by atoms with van der Waals surface area (Å²) in [7, 11) is 3.42. The average Bonchev–Trinajstić information content (AvgIpc) is 3.29. The molecule has 0 aromatic carbocycles. The molecular formula is C25H45IO6. The molecule has 0 saturated carbocycles. The molecule has 0 spiro atoms. The Labute approximate surface area is 208 Å². The molecule has 8 atom stereocenters. The van der Waals surface area contributed by atoms with Gasteiger partial charge in [-0.2, -0.15) is 0 Å². The molecule has 1 aliphatic heterocycles. The molecule has 1 saturated heterocycles. The number of rotatable bonds is 15. The number of carbonyl (C=O) groups excluding carboxylic acids is 1. The molecular weight excluding hydrogens is 523 g/mol. The Kier molecular flexibility index (Phi) is 14.6. The lowest BCUT2D eigenvalue weighted by molar-refractivity contribution is -0.166. The second-order valence-corrected chi connectivity index (χ2v) is 10.3. The number of aliphatic hydroxyl groups excluding tert-OH is 1. The number of methoxy groups -OCH3 is 2. The van der Waals surface area contributed by atoms with E-state index in [1.807, 2.05) is 17.9 Å². The lowest BCUT2D eigenvalue weighted by Gasteiger charge is -2.34. The molecule has 0 aromatic rings. The summed E-state index contributed by atoms with van der Waals surface area (Å²) in [5.41, 5.74) is 0. The maximum atomic E-state index is 12.8. The lowest BCUT2D eigenvalue weighted by atomic mass is 9.84. The van der Waals surface area contributed by atoms with Crippen LogP contribution in [-0.4, -0.2) is 62.4 Å². The first kappa shape index (κ1) is 29.8. The summed E-state index contributed by atoms with van der Waals surface area (Å²) in [6, 6.07) is 0. The Morgan fingerprint density at radius 3 is 2.31 bits per heavy atom. The van der Waals surface area contributed by atoms with Gasteiger partial charge in [-0.25, -0.2) is 4.79 Å². The van der Waals surface area contributed by atoms with Gasteiger partial charge in [-0.15, -0.1) is 0 Å². The molecule has 1 rings (SSSR count). The third kappa shape index (κ3) is 9.57. The Balaban J connectivity index is 2.89. The minimum atomic E-state index is -0.456. The number of esters is 1. The van der Waals surface area contributed by atoms with Crippen molar-refractivity contribution in [3.63, 3.8) is 0 Å². The smallest absolute Gasteiger partial charge is 0.335 e. The van der Waals surface area contributed by atoms with E-state index in [-0.39, 0.29) is 48.0 Å². The largest absolute Gasteiger partial charge is 0.460 e. The van der Waals surface area contributed by atoms with E-state index in [0.29, 0.717) is 19.4 Å². The maximum Gasteiger partial charge on any atom is 0.335 e. The van der Waals surface area contributed by atoms with Crippen molar-refractivity contribution in [1.29, 1.82) is 0 Å². The van der Waals surface area contributed by atoms with Crippen LogP contribution in [0.5, 0.6) is 0 Å². The van der Waals surface area contributed by atoms with Gasteiger partial charge in [0.15, 0.2) is 6.10 Å². The van der Waals surface area contributed by atoms with Crippen LogP contribution in [0, 0.1) is 23.7 Å². The van der Waals surface area contributed by atoms with Crippen LogP contribution < -0.4 is 0 Å². The van der Waals surface area contributed by atoms with Crippen LogP contribution in [0.15, 0.2) is 10.2 Å². The fourth-order valence-corrected chi connectivity index (χ4v) is 5.10. The highest BCUT2D eigenvalue weighted by Crippen LogP contribution is 2.29. The van der Waals surface area contributed by atoms with Crippen molar-refractivity contribution in [3.8, 4) is 0 Å². The number of aliphatic hydroxyl groups is 1. The van der Waals surface area contributed by atoms with E-state index < -0.39 is 12.2 Å². The fourth-order valence-electron chi connectivity index (χ4n) is 4.45. The minimum Gasteiger partial charge on any atom is -0.460 e. The van der Waals surface area contributed by atoms with Crippen LogP contribution >= 0.6 is 22.6 Å². The van der Waals surface area contributed by atoms with Crippen molar-refractivity contribution in [2.45, 2.75) is 97.2 Å². The van der Waals surface area contributed by atoms with Crippen molar-refractivity contribution >= 4 is 28.6 Å². The second kappa shape index (κ2) is 15.6. The molecule has 0 radical (unpaired) electrons. The highest BCUT2D eigenvalue weighted by molar-refractivity contribution is 14.1. The van der Waals surface area contributed by atoms with Gasteiger partial charge >= 0.3 is 5.97 Å². The number of carbonyl (C=O) groups is 1. The number of halogens is 1. The number of hydrogen-bond acceptors (Lipinski definition) is 6. The van der Waals surface area contributed by atoms with Crippen molar-refractivity contribution in [3.05, 3.63) is 10.2 Å². The average molecular weight is 569 g/mol. The zero-order valence-electron chi connectivity index (χ0n) is 21.0. The topological polar surface area (TPSA) is 74.2 Å². The SMILES string of the molecule is CO[C@@H]([C@@H](C)[C@@H](CC[C@H](C)[C@H](C[C@H](O)C(C)C)OC)OC(=O)[C@H]1CCCO1)[C@H](C)/C=C/I. The van der Waals surface area contributed by atoms with Crippen LogP contribution in [0.4, 0.5) is 0 Å². The molecule has 1 fully saturated rings. The van der Waals surface area contributed by atoms with Crippen LogP contribution in [-0.2, 0) is 23.7 Å². The summed E-state index contributed by atoms with van der Waals surface area (Å²) in [5, 5.41) is 10.3. The first-order valence-corrected chi connectivity index (χ1v) is 13.2. The van der Waals surface area contributed by atoms with Crippen LogP contribution in [0.3, 0.4) is 0 Å². The third-order valence-electron chi connectivity index (χ3n) is 6.82.